The maximum absolute atomic E-state index is 13.9. The van der Waals surface area contributed by atoms with Gasteiger partial charge in [0.2, 0.25) is 5.91 Å². The van der Waals surface area contributed by atoms with E-state index in [1.165, 1.54) is 17.8 Å². The molecule has 2 atom stereocenters. The maximum Gasteiger partial charge on any atom is 0.262 e. The molecule has 2 heterocycles. The molecule has 2 aliphatic heterocycles. The van der Waals surface area contributed by atoms with E-state index in [1.807, 2.05) is 48.5 Å². The number of halogens is 2. The second-order valence-corrected chi connectivity index (χ2v) is 10.6. The summed E-state index contributed by atoms with van der Waals surface area (Å²) in [5, 5.41) is 9.60. The van der Waals surface area contributed by atoms with E-state index < -0.39 is 22.9 Å². The summed E-state index contributed by atoms with van der Waals surface area (Å²) in [6, 6.07) is 19.4. The average Bonchev–Trinajstić information content (AvgIpc) is 3.51. The van der Waals surface area contributed by atoms with Crippen LogP contribution >= 0.6 is 23.4 Å². The van der Waals surface area contributed by atoms with Crippen LogP contribution in [-0.4, -0.2) is 40.1 Å². The van der Waals surface area contributed by atoms with Crippen molar-refractivity contribution in [3.8, 4) is 5.75 Å². The minimum atomic E-state index is -0.702. The summed E-state index contributed by atoms with van der Waals surface area (Å²) in [6.45, 7) is 1.64. The Morgan fingerprint density at radius 2 is 1.89 bits per heavy atom. The van der Waals surface area contributed by atoms with Gasteiger partial charge in [0.1, 0.15) is 16.8 Å². The Hall–Kier alpha value is -3.69. The van der Waals surface area contributed by atoms with Crippen LogP contribution in [0.3, 0.4) is 0 Å². The summed E-state index contributed by atoms with van der Waals surface area (Å²) < 4.78 is 19.1. The molecule has 2 amide bonds. The Kier molecular flexibility index (Phi) is 7.49. The van der Waals surface area contributed by atoms with E-state index in [4.69, 9.17) is 21.4 Å². The number of aryl methyl sites for hydroxylation is 1. The van der Waals surface area contributed by atoms with Crippen molar-refractivity contribution in [1.82, 2.24) is 5.01 Å². The first-order valence-electron chi connectivity index (χ1n) is 11.9. The number of anilines is 1. The molecule has 0 saturated heterocycles. The number of rotatable bonds is 6. The lowest BCUT2D eigenvalue weighted by Gasteiger charge is -2.23. The SMILES string of the molecule is COc1ccc(C2=NN(C3=NC(=O)[C@@H](CC(=O)Nc4ccc(C)c(F)c4)S3)[C@H](c3ccc(Cl)cc3)C2)cc1. The molecule has 1 N–H and O–H groups in total. The van der Waals surface area contributed by atoms with Gasteiger partial charge in [-0.2, -0.15) is 10.1 Å². The van der Waals surface area contributed by atoms with Crippen molar-refractivity contribution in [2.45, 2.75) is 31.1 Å². The van der Waals surface area contributed by atoms with E-state index in [9.17, 15) is 14.0 Å². The Morgan fingerprint density at radius 3 is 2.58 bits per heavy atom. The molecule has 10 heteroatoms. The van der Waals surface area contributed by atoms with Gasteiger partial charge < -0.3 is 10.1 Å². The lowest BCUT2D eigenvalue weighted by molar-refractivity contribution is -0.121. The minimum absolute atomic E-state index is 0.0967. The lowest BCUT2D eigenvalue weighted by atomic mass is 9.98. The molecule has 0 radical (unpaired) electrons. The van der Waals surface area contributed by atoms with E-state index in [0.29, 0.717) is 27.9 Å². The van der Waals surface area contributed by atoms with Crippen LogP contribution in [-0.2, 0) is 9.59 Å². The minimum Gasteiger partial charge on any atom is -0.497 e. The molecule has 2 aliphatic rings. The number of carbonyl (C=O) groups excluding carboxylic acids is 2. The van der Waals surface area contributed by atoms with Crippen LogP contribution in [0.15, 0.2) is 76.8 Å². The molecular weight excluding hydrogens is 527 g/mol. The number of ether oxygens (including phenoxy) is 1. The Morgan fingerprint density at radius 1 is 1.16 bits per heavy atom. The number of nitrogens with zero attached hydrogens (tertiary/aromatic N) is 3. The van der Waals surface area contributed by atoms with Gasteiger partial charge in [-0.1, -0.05) is 41.6 Å². The van der Waals surface area contributed by atoms with Crippen LogP contribution in [0.5, 0.6) is 5.75 Å². The van der Waals surface area contributed by atoms with Gasteiger partial charge >= 0.3 is 0 Å². The zero-order valence-electron chi connectivity index (χ0n) is 20.7. The largest absolute Gasteiger partial charge is 0.497 e. The van der Waals surface area contributed by atoms with Crippen LogP contribution < -0.4 is 10.1 Å². The van der Waals surface area contributed by atoms with E-state index in [2.05, 4.69) is 10.3 Å². The summed E-state index contributed by atoms with van der Waals surface area (Å²) in [5.74, 6) is -0.464. The number of amidine groups is 1. The third kappa shape index (κ3) is 5.58. The molecule has 0 aromatic heterocycles. The van der Waals surface area contributed by atoms with Crippen molar-refractivity contribution >= 4 is 51.7 Å². The van der Waals surface area contributed by atoms with Crippen molar-refractivity contribution in [2.75, 3.05) is 12.4 Å². The Balaban J connectivity index is 1.34. The van der Waals surface area contributed by atoms with Crippen LogP contribution in [0.1, 0.15) is 35.6 Å². The van der Waals surface area contributed by atoms with Gasteiger partial charge in [0.15, 0.2) is 5.17 Å². The van der Waals surface area contributed by atoms with E-state index in [0.717, 1.165) is 22.6 Å². The summed E-state index contributed by atoms with van der Waals surface area (Å²) in [5.41, 5.74) is 3.57. The molecule has 7 nitrogen and oxygen atoms in total. The summed E-state index contributed by atoms with van der Waals surface area (Å²) >= 11 is 7.31. The topological polar surface area (TPSA) is 83.4 Å². The molecule has 3 aromatic rings. The second-order valence-electron chi connectivity index (χ2n) is 8.95. The van der Waals surface area contributed by atoms with Gasteiger partial charge in [-0.25, -0.2) is 9.40 Å². The fraction of sp³-hybridized carbons (Fsp3) is 0.214. The number of carbonyl (C=O) groups is 2. The molecular formula is C28H24ClFN4O3S. The molecule has 3 aromatic carbocycles. The molecule has 38 heavy (non-hydrogen) atoms. The summed E-state index contributed by atoms with van der Waals surface area (Å²) in [4.78, 5) is 29.7. The third-order valence-corrected chi connectivity index (χ3v) is 7.73. The highest BCUT2D eigenvalue weighted by Gasteiger charge is 2.39. The monoisotopic (exact) mass is 550 g/mol. The smallest absolute Gasteiger partial charge is 0.262 e. The molecule has 0 unspecified atom stereocenters. The predicted molar refractivity (Wildman–Crippen MR) is 148 cm³/mol. The van der Waals surface area contributed by atoms with Gasteiger partial charge in [-0.3, -0.25) is 9.59 Å². The second kappa shape index (κ2) is 11.0. The summed E-state index contributed by atoms with van der Waals surface area (Å²) in [7, 11) is 1.61. The van der Waals surface area contributed by atoms with Crippen LogP contribution in [0.2, 0.25) is 5.02 Å². The normalized spacial score (nSPS) is 18.8. The first kappa shape index (κ1) is 25.9. The first-order chi connectivity index (χ1) is 18.3. The summed E-state index contributed by atoms with van der Waals surface area (Å²) in [6.07, 6.45) is 0.492. The first-order valence-corrected chi connectivity index (χ1v) is 13.2. The number of methoxy groups -OCH3 is 1. The number of benzene rings is 3. The molecule has 194 valence electrons. The standard InChI is InChI=1S/C28H24ClFN4O3S/c1-16-3-10-20(13-22(16)30)31-26(35)15-25-27(36)32-28(38-25)34-24(18-4-8-19(29)9-5-18)14-23(33-34)17-6-11-21(37-2)12-7-17/h3-13,24-25H,14-15H2,1-2H3,(H,31,35)/t24-,25+/m0/s1. The van der Waals surface area contributed by atoms with Crippen LogP contribution in [0, 0.1) is 12.7 Å². The lowest BCUT2D eigenvalue weighted by Crippen LogP contribution is -2.25. The van der Waals surface area contributed by atoms with E-state index in [-0.39, 0.29) is 12.5 Å². The average molecular weight is 551 g/mol. The van der Waals surface area contributed by atoms with Crippen molar-refractivity contribution in [3.05, 3.63) is 94.3 Å². The van der Waals surface area contributed by atoms with E-state index in [1.54, 1.807) is 31.2 Å². The molecule has 0 aliphatic carbocycles. The van der Waals surface area contributed by atoms with Crippen molar-refractivity contribution < 1.29 is 18.7 Å². The number of aliphatic imine (C=N–C) groups is 1. The highest BCUT2D eigenvalue weighted by Crippen LogP contribution is 2.39. The fourth-order valence-electron chi connectivity index (χ4n) is 4.24. The molecule has 0 spiro atoms. The Labute approximate surface area is 228 Å². The zero-order chi connectivity index (χ0) is 26.8. The van der Waals surface area contributed by atoms with Crippen molar-refractivity contribution in [2.24, 2.45) is 10.1 Å². The number of hydrazone groups is 1. The van der Waals surface area contributed by atoms with Gasteiger partial charge in [-0.05, 0) is 72.1 Å². The number of nitrogens with one attached hydrogen (secondary N) is 1. The fourth-order valence-corrected chi connectivity index (χ4v) is 5.43. The maximum atomic E-state index is 13.9. The van der Waals surface area contributed by atoms with Gasteiger partial charge in [0.05, 0.1) is 18.9 Å². The van der Waals surface area contributed by atoms with E-state index >= 15 is 0 Å². The highest BCUT2D eigenvalue weighted by molar-refractivity contribution is 8.15. The van der Waals surface area contributed by atoms with Crippen LogP contribution in [0.4, 0.5) is 10.1 Å². The predicted octanol–water partition coefficient (Wildman–Crippen LogP) is 5.97. The molecule has 0 saturated carbocycles. The highest BCUT2D eigenvalue weighted by atomic mass is 35.5. The molecule has 5 rings (SSSR count). The zero-order valence-corrected chi connectivity index (χ0v) is 22.2. The number of hydrogen-bond donors (Lipinski definition) is 1. The van der Waals surface area contributed by atoms with Gasteiger partial charge in [0, 0.05) is 23.6 Å². The van der Waals surface area contributed by atoms with Gasteiger partial charge in [-0.15, -0.1) is 0 Å². The van der Waals surface area contributed by atoms with Gasteiger partial charge in [0.25, 0.3) is 5.91 Å². The molecule has 0 bridgehead atoms. The number of thioether (sulfide) groups is 1. The van der Waals surface area contributed by atoms with Crippen molar-refractivity contribution in [1.29, 1.82) is 0 Å². The van der Waals surface area contributed by atoms with Crippen molar-refractivity contribution in [3.63, 3.8) is 0 Å². The van der Waals surface area contributed by atoms with Crippen LogP contribution in [0.25, 0.3) is 0 Å². The number of hydrogen-bond acceptors (Lipinski definition) is 6. The quantitative estimate of drug-likeness (QED) is 0.408. The number of amides is 2. The third-order valence-electron chi connectivity index (χ3n) is 6.34. The molecule has 0 fully saturated rings. The Bertz CT molecular complexity index is 1440.